The molecule has 2 aliphatic heterocycles. The second-order valence-corrected chi connectivity index (χ2v) is 13.3. The van der Waals surface area contributed by atoms with Crippen molar-refractivity contribution >= 4 is 12.0 Å². The highest BCUT2D eigenvalue weighted by Gasteiger charge is 2.53. The number of amides is 2. The van der Waals surface area contributed by atoms with Crippen LogP contribution in [-0.4, -0.2) is 97.1 Å². The van der Waals surface area contributed by atoms with Gasteiger partial charge in [0.1, 0.15) is 0 Å². The Morgan fingerprint density at radius 3 is 1.98 bits per heavy atom. The number of methoxy groups -OCH3 is 2. The van der Waals surface area contributed by atoms with Crippen LogP contribution in [0, 0.1) is 11.8 Å². The van der Waals surface area contributed by atoms with Gasteiger partial charge in [-0.25, -0.2) is 4.79 Å². The topological polar surface area (TPSA) is 187 Å². The first kappa shape index (κ1) is 38.3. The minimum atomic E-state index is -0.607. The van der Waals surface area contributed by atoms with Gasteiger partial charge in [0.05, 0.1) is 32.8 Å². The molecule has 14 heteroatoms. The molecule has 2 amide bonds. The van der Waals surface area contributed by atoms with E-state index in [0.29, 0.717) is 23.6 Å². The smallest absolute Gasteiger partial charge is 0.315 e. The summed E-state index contributed by atoms with van der Waals surface area (Å²) in [4.78, 5) is 26.6. The van der Waals surface area contributed by atoms with Crippen LogP contribution in [0.25, 0.3) is 0 Å². The van der Waals surface area contributed by atoms with Gasteiger partial charge in [0.2, 0.25) is 12.5 Å². The molecule has 1 saturated heterocycles. The lowest BCUT2D eigenvalue weighted by Gasteiger charge is -2.39. The van der Waals surface area contributed by atoms with Crippen molar-refractivity contribution in [3.05, 3.63) is 41.0 Å². The maximum absolute atomic E-state index is 13.4. The summed E-state index contributed by atoms with van der Waals surface area (Å²) in [6, 6.07) is 6.37. The standard InChI is InChI=1S/C37H56N6O8/c1-47-30-18-24(19-31(48-2)35(30)44)32-25-20-28-29(51-23-50-28)21-26(25)34(27-22-49-36(45)33(27)32)43-37(46)42-17-5-3-4-11-40-15-9-16-41-13-7-6-12-39-14-8-10-38/h18-21,27,32-34,39-41,44H,3-17,22-23,38H2,1-2H3,(H2,42,43,46)/t27?,32?,33-,34+/m0/s1. The van der Waals surface area contributed by atoms with Crippen molar-refractivity contribution in [2.45, 2.75) is 56.9 Å². The third-order valence-electron chi connectivity index (χ3n) is 9.87. The number of cyclic esters (lactones) is 1. The highest BCUT2D eigenvalue weighted by molar-refractivity contribution is 5.80. The first-order valence-corrected chi connectivity index (χ1v) is 18.4. The molecule has 1 fully saturated rings. The van der Waals surface area contributed by atoms with Crippen molar-refractivity contribution < 1.29 is 38.4 Å². The summed E-state index contributed by atoms with van der Waals surface area (Å²) in [5, 5.41) is 27.2. The number of nitrogens with two attached hydrogens (primary N) is 1. The Balaban J connectivity index is 1.09. The summed E-state index contributed by atoms with van der Waals surface area (Å²) in [5.41, 5.74) is 7.82. The van der Waals surface area contributed by atoms with E-state index in [0.717, 1.165) is 89.0 Å². The Bertz CT molecular complexity index is 1420. The average Bonchev–Trinajstić information content (AvgIpc) is 3.76. The normalized spacial score (nSPS) is 20.0. The Labute approximate surface area is 300 Å². The molecule has 14 nitrogen and oxygen atoms in total. The highest BCUT2D eigenvalue weighted by atomic mass is 16.7. The van der Waals surface area contributed by atoms with Crippen LogP contribution in [0.15, 0.2) is 24.3 Å². The molecule has 2 unspecified atom stereocenters. The molecule has 0 bridgehead atoms. The van der Waals surface area contributed by atoms with E-state index >= 15 is 0 Å². The number of carbonyl (C=O) groups is 2. The monoisotopic (exact) mass is 712 g/mol. The average molecular weight is 713 g/mol. The van der Waals surface area contributed by atoms with E-state index in [1.807, 2.05) is 12.1 Å². The number of esters is 1. The zero-order chi connectivity index (χ0) is 36.0. The quantitative estimate of drug-likeness (QED) is 0.0701. The molecule has 51 heavy (non-hydrogen) atoms. The summed E-state index contributed by atoms with van der Waals surface area (Å²) in [6.45, 7) is 7.59. The number of urea groups is 1. The molecular formula is C37H56N6O8. The van der Waals surface area contributed by atoms with Crippen molar-refractivity contribution in [3.63, 3.8) is 0 Å². The van der Waals surface area contributed by atoms with Gasteiger partial charge >= 0.3 is 12.0 Å². The molecule has 4 atom stereocenters. The summed E-state index contributed by atoms with van der Waals surface area (Å²) >= 11 is 0. The molecule has 3 aliphatic rings. The summed E-state index contributed by atoms with van der Waals surface area (Å²) in [7, 11) is 2.92. The SMILES string of the molecule is COc1cc(C2c3cc4c(cc3[C@@H](NC(=O)NCCCCCNCCCNCCCCNCCCN)C3COC(=O)[C@H]23)OCO4)cc(OC)c1O. The van der Waals surface area contributed by atoms with Gasteiger partial charge in [0, 0.05) is 18.4 Å². The molecular weight excluding hydrogens is 656 g/mol. The third-order valence-corrected chi connectivity index (χ3v) is 9.87. The number of hydrogen-bond acceptors (Lipinski definition) is 12. The Morgan fingerprint density at radius 2 is 1.35 bits per heavy atom. The second kappa shape index (κ2) is 19.6. The van der Waals surface area contributed by atoms with Crippen LogP contribution in [0.4, 0.5) is 4.79 Å². The van der Waals surface area contributed by atoms with Gasteiger partial charge in [-0.1, -0.05) is 6.42 Å². The molecule has 282 valence electrons. The molecule has 0 aromatic heterocycles. The predicted molar refractivity (Wildman–Crippen MR) is 193 cm³/mol. The largest absolute Gasteiger partial charge is 0.502 e. The maximum atomic E-state index is 13.4. The van der Waals surface area contributed by atoms with Crippen molar-refractivity contribution in [2.24, 2.45) is 17.6 Å². The molecule has 5 rings (SSSR count). The van der Waals surface area contributed by atoms with Gasteiger partial charge in [-0.15, -0.1) is 0 Å². The number of fused-ring (bicyclic) bond motifs is 3. The van der Waals surface area contributed by atoms with Gasteiger partial charge in [0.15, 0.2) is 23.0 Å². The van der Waals surface area contributed by atoms with Crippen LogP contribution in [0.1, 0.15) is 73.6 Å². The highest BCUT2D eigenvalue weighted by Crippen LogP contribution is 2.55. The number of unbranched alkanes of at least 4 members (excludes halogenated alkanes) is 3. The minimum absolute atomic E-state index is 0.0823. The van der Waals surface area contributed by atoms with Crippen molar-refractivity contribution in [3.8, 4) is 28.7 Å². The predicted octanol–water partition coefficient (Wildman–Crippen LogP) is 2.87. The number of ether oxygens (including phenoxy) is 5. The lowest BCUT2D eigenvalue weighted by molar-refractivity contribution is -0.141. The number of nitrogens with one attached hydrogen (secondary N) is 5. The number of phenolic OH excluding ortho intramolecular Hbond substituents is 1. The van der Waals surface area contributed by atoms with Crippen LogP contribution < -0.4 is 51.3 Å². The fourth-order valence-electron chi connectivity index (χ4n) is 7.23. The number of phenols is 1. The van der Waals surface area contributed by atoms with E-state index in [1.165, 1.54) is 27.1 Å². The summed E-state index contributed by atoms with van der Waals surface area (Å²) in [5.74, 6) is -0.326. The molecule has 8 N–H and O–H groups in total. The van der Waals surface area contributed by atoms with E-state index in [9.17, 15) is 14.7 Å². The van der Waals surface area contributed by atoms with Crippen LogP contribution in [0.5, 0.6) is 28.7 Å². The van der Waals surface area contributed by atoms with E-state index < -0.39 is 17.9 Å². The van der Waals surface area contributed by atoms with Gasteiger partial charge in [0.25, 0.3) is 0 Å². The van der Waals surface area contributed by atoms with Gasteiger partial charge in [-0.3, -0.25) is 4.79 Å². The van der Waals surface area contributed by atoms with Crippen molar-refractivity contribution in [2.75, 3.05) is 80.0 Å². The lowest BCUT2D eigenvalue weighted by atomic mass is 9.65. The van der Waals surface area contributed by atoms with E-state index in [4.69, 9.17) is 29.4 Å². The molecule has 1 aliphatic carbocycles. The molecule has 0 saturated carbocycles. The molecule has 2 heterocycles. The van der Waals surface area contributed by atoms with Gasteiger partial charge in [-0.2, -0.15) is 0 Å². The van der Waals surface area contributed by atoms with Gasteiger partial charge < -0.3 is 61.1 Å². The van der Waals surface area contributed by atoms with Crippen LogP contribution >= 0.6 is 0 Å². The Morgan fingerprint density at radius 1 is 0.784 bits per heavy atom. The van der Waals surface area contributed by atoms with Crippen LogP contribution in [-0.2, 0) is 9.53 Å². The Kier molecular flexibility index (Phi) is 14.7. The van der Waals surface area contributed by atoms with Gasteiger partial charge in [-0.05, 0) is 125 Å². The van der Waals surface area contributed by atoms with E-state index in [2.05, 4.69) is 26.6 Å². The number of aromatic hydroxyl groups is 1. The minimum Gasteiger partial charge on any atom is -0.502 e. The fraction of sp³-hybridized carbons (Fsp3) is 0.622. The lowest BCUT2D eigenvalue weighted by Crippen LogP contribution is -2.46. The molecule has 2 aromatic rings. The zero-order valence-electron chi connectivity index (χ0n) is 30.0. The van der Waals surface area contributed by atoms with Crippen molar-refractivity contribution in [1.82, 2.24) is 26.6 Å². The number of hydrogen-bond donors (Lipinski definition) is 7. The molecule has 2 aromatic carbocycles. The van der Waals surface area contributed by atoms with Crippen LogP contribution in [0.3, 0.4) is 0 Å². The third kappa shape index (κ3) is 9.88. The van der Waals surface area contributed by atoms with E-state index in [1.54, 1.807) is 12.1 Å². The maximum Gasteiger partial charge on any atom is 0.315 e. The van der Waals surface area contributed by atoms with Crippen LogP contribution in [0.2, 0.25) is 0 Å². The van der Waals surface area contributed by atoms with Crippen molar-refractivity contribution in [1.29, 1.82) is 0 Å². The zero-order valence-corrected chi connectivity index (χ0v) is 30.0. The number of benzene rings is 2. The molecule has 0 spiro atoms. The molecule has 0 radical (unpaired) electrons. The Hall–Kier alpha value is -3.98. The number of rotatable bonds is 22. The summed E-state index contributed by atoms with van der Waals surface area (Å²) in [6.07, 6.45) is 7.38. The first-order valence-electron chi connectivity index (χ1n) is 18.4. The first-order chi connectivity index (χ1) is 25.0. The van der Waals surface area contributed by atoms with E-state index in [-0.39, 0.29) is 48.6 Å². The second-order valence-electron chi connectivity index (χ2n) is 13.3. The fourth-order valence-corrected chi connectivity index (χ4v) is 7.23. The summed E-state index contributed by atoms with van der Waals surface area (Å²) < 4.78 is 27.9. The number of carbonyl (C=O) groups excluding carboxylic acids is 2.